The van der Waals surface area contributed by atoms with E-state index in [1.165, 1.54) is 11.2 Å². The van der Waals surface area contributed by atoms with Gasteiger partial charge >= 0.3 is 0 Å². The predicted octanol–water partition coefficient (Wildman–Crippen LogP) is 1.22. The van der Waals surface area contributed by atoms with Crippen molar-refractivity contribution in [3.63, 3.8) is 0 Å². The van der Waals surface area contributed by atoms with E-state index in [-0.39, 0.29) is 0 Å². The highest BCUT2D eigenvalue weighted by molar-refractivity contribution is 5.50. The molecule has 0 atom stereocenters. The van der Waals surface area contributed by atoms with Crippen molar-refractivity contribution >= 4 is 11.6 Å². The molecule has 0 fully saturated rings. The number of aromatic nitrogens is 2. The van der Waals surface area contributed by atoms with E-state index in [1.807, 2.05) is 6.19 Å². The van der Waals surface area contributed by atoms with Gasteiger partial charge in [-0.3, -0.25) is 4.90 Å². The van der Waals surface area contributed by atoms with E-state index in [0.29, 0.717) is 5.82 Å². The Bertz CT molecular complexity index is 330. The van der Waals surface area contributed by atoms with Crippen molar-refractivity contribution in [1.82, 2.24) is 9.97 Å². The van der Waals surface area contributed by atoms with E-state index in [2.05, 4.69) is 22.2 Å². The summed E-state index contributed by atoms with van der Waals surface area (Å²) < 4.78 is 0. The van der Waals surface area contributed by atoms with Gasteiger partial charge in [-0.25, -0.2) is 9.97 Å². The highest BCUT2D eigenvalue weighted by Crippen LogP contribution is 2.11. The van der Waals surface area contributed by atoms with Gasteiger partial charge in [0.2, 0.25) is 0 Å². The minimum Gasteiger partial charge on any atom is -0.370 e. The smallest absolute Gasteiger partial charge is 0.185 e. The maximum absolute atomic E-state index is 8.65. The van der Waals surface area contributed by atoms with E-state index in [9.17, 15) is 0 Å². The van der Waals surface area contributed by atoms with Gasteiger partial charge in [-0.2, -0.15) is 5.26 Å². The van der Waals surface area contributed by atoms with E-state index >= 15 is 0 Å². The zero-order valence-corrected chi connectivity index (χ0v) is 8.36. The van der Waals surface area contributed by atoms with Crippen LogP contribution >= 0.6 is 0 Å². The number of nitrogens with zero attached hydrogens (tertiary/aromatic N) is 4. The van der Waals surface area contributed by atoms with E-state index < -0.39 is 0 Å². The summed E-state index contributed by atoms with van der Waals surface area (Å²) >= 11 is 0. The summed E-state index contributed by atoms with van der Waals surface area (Å²) in [7, 11) is 1.66. The fourth-order valence-corrected chi connectivity index (χ4v) is 0.931. The van der Waals surface area contributed by atoms with Crippen molar-refractivity contribution in [2.75, 3.05) is 23.8 Å². The molecule has 5 nitrogen and oxygen atoms in total. The molecular formula is C9H13N5. The van der Waals surface area contributed by atoms with Crippen LogP contribution in [0.1, 0.15) is 13.3 Å². The lowest BCUT2D eigenvalue weighted by atomic mass is 10.4. The summed E-state index contributed by atoms with van der Waals surface area (Å²) in [6.45, 7) is 2.95. The molecule has 0 aliphatic carbocycles. The topological polar surface area (TPSA) is 64.8 Å². The molecule has 0 aliphatic heterocycles. The molecule has 1 N–H and O–H groups in total. The van der Waals surface area contributed by atoms with Crippen LogP contribution in [0.25, 0.3) is 0 Å². The van der Waals surface area contributed by atoms with Crippen LogP contribution in [0.15, 0.2) is 12.4 Å². The molecule has 1 aromatic rings. The molecule has 0 aromatic carbocycles. The Morgan fingerprint density at radius 2 is 2.36 bits per heavy atom. The second-order valence-electron chi connectivity index (χ2n) is 2.85. The zero-order valence-electron chi connectivity index (χ0n) is 8.36. The average molecular weight is 191 g/mol. The summed E-state index contributed by atoms with van der Waals surface area (Å²) in [6.07, 6.45) is 4.46. The van der Waals surface area contributed by atoms with Crippen LogP contribution in [0, 0.1) is 11.5 Å². The van der Waals surface area contributed by atoms with Gasteiger partial charge in [0.1, 0.15) is 18.0 Å². The number of hydrogen-bond acceptors (Lipinski definition) is 5. The van der Waals surface area contributed by atoms with E-state index in [1.54, 1.807) is 13.1 Å². The first-order chi connectivity index (χ1) is 6.77. The Morgan fingerprint density at radius 1 is 1.57 bits per heavy atom. The molecule has 0 spiro atoms. The Labute approximate surface area is 83.4 Å². The van der Waals surface area contributed by atoms with Gasteiger partial charge in [-0.15, -0.1) is 0 Å². The number of nitriles is 1. The Kier molecular flexibility index (Phi) is 3.68. The van der Waals surface area contributed by atoms with E-state index in [4.69, 9.17) is 5.26 Å². The lowest BCUT2D eigenvalue weighted by Gasteiger charge is -2.09. The molecular weight excluding hydrogens is 178 g/mol. The van der Waals surface area contributed by atoms with Crippen LogP contribution in [0.3, 0.4) is 0 Å². The first-order valence-corrected chi connectivity index (χ1v) is 4.47. The van der Waals surface area contributed by atoms with Gasteiger partial charge in [0, 0.05) is 19.7 Å². The van der Waals surface area contributed by atoms with Crippen LogP contribution in [0.5, 0.6) is 0 Å². The lowest BCUT2D eigenvalue weighted by Crippen LogP contribution is -2.11. The monoisotopic (exact) mass is 191 g/mol. The molecule has 1 rings (SSSR count). The molecule has 0 amide bonds. The average Bonchev–Trinajstić information content (AvgIpc) is 2.25. The third-order valence-electron chi connectivity index (χ3n) is 1.70. The van der Waals surface area contributed by atoms with Gasteiger partial charge in [-0.05, 0) is 6.42 Å². The Morgan fingerprint density at radius 3 is 3.00 bits per heavy atom. The van der Waals surface area contributed by atoms with Gasteiger partial charge in [0.05, 0.1) is 0 Å². The maximum Gasteiger partial charge on any atom is 0.185 e. The van der Waals surface area contributed by atoms with Gasteiger partial charge < -0.3 is 5.32 Å². The summed E-state index contributed by atoms with van der Waals surface area (Å²) in [5.41, 5.74) is 0. The second kappa shape index (κ2) is 5.02. The van der Waals surface area contributed by atoms with E-state index in [0.717, 1.165) is 18.8 Å². The molecule has 1 heterocycles. The third kappa shape index (κ3) is 2.59. The van der Waals surface area contributed by atoms with Crippen molar-refractivity contribution in [2.45, 2.75) is 13.3 Å². The quantitative estimate of drug-likeness (QED) is 0.572. The van der Waals surface area contributed by atoms with Crippen LogP contribution in [-0.2, 0) is 0 Å². The zero-order chi connectivity index (χ0) is 10.4. The normalized spacial score (nSPS) is 9.21. The summed E-state index contributed by atoms with van der Waals surface area (Å²) in [5.74, 6) is 1.35. The molecule has 5 heteroatoms. The predicted molar refractivity (Wildman–Crippen MR) is 54.8 cm³/mol. The van der Waals surface area contributed by atoms with Crippen molar-refractivity contribution in [2.24, 2.45) is 0 Å². The summed E-state index contributed by atoms with van der Waals surface area (Å²) in [5, 5.41) is 11.8. The molecule has 14 heavy (non-hydrogen) atoms. The highest BCUT2D eigenvalue weighted by Gasteiger charge is 2.01. The Balaban J connectivity index is 2.74. The van der Waals surface area contributed by atoms with Gasteiger partial charge in [-0.1, -0.05) is 6.92 Å². The van der Waals surface area contributed by atoms with Crippen molar-refractivity contribution in [3.05, 3.63) is 12.4 Å². The number of rotatable bonds is 4. The summed E-state index contributed by atoms with van der Waals surface area (Å²) in [4.78, 5) is 9.39. The Hall–Kier alpha value is -1.83. The number of anilines is 2. The molecule has 0 radical (unpaired) electrons. The molecule has 0 bridgehead atoms. The fraction of sp³-hybridized carbons (Fsp3) is 0.444. The molecule has 0 saturated carbocycles. The minimum absolute atomic E-state index is 0.598. The van der Waals surface area contributed by atoms with Crippen LogP contribution in [0.4, 0.5) is 11.6 Å². The van der Waals surface area contributed by atoms with Crippen LogP contribution in [0.2, 0.25) is 0 Å². The molecule has 1 aromatic heterocycles. The van der Waals surface area contributed by atoms with Crippen molar-refractivity contribution in [1.29, 1.82) is 5.26 Å². The maximum atomic E-state index is 8.65. The largest absolute Gasteiger partial charge is 0.370 e. The molecule has 74 valence electrons. The number of hydrogen-bond donors (Lipinski definition) is 1. The SMILES string of the molecule is CCCNc1cc(N(C)C#N)ncn1. The standard InChI is InChI=1S/C9H13N5/c1-3-4-11-8-5-9(13-7-12-8)14(2)6-10/h5,7H,3-4H2,1-2H3,(H,11,12,13). The van der Waals surface area contributed by atoms with Crippen LogP contribution < -0.4 is 10.2 Å². The molecule has 0 aliphatic rings. The van der Waals surface area contributed by atoms with Crippen molar-refractivity contribution < 1.29 is 0 Å². The molecule has 0 saturated heterocycles. The highest BCUT2D eigenvalue weighted by atomic mass is 15.2. The fourth-order valence-electron chi connectivity index (χ4n) is 0.931. The van der Waals surface area contributed by atoms with Gasteiger partial charge in [0.25, 0.3) is 0 Å². The second-order valence-corrected chi connectivity index (χ2v) is 2.85. The van der Waals surface area contributed by atoms with Gasteiger partial charge in [0.15, 0.2) is 6.19 Å². The molecule has 0 unspecified atom stereocenters. The summed E-state index contributed by atoms with van der Waals surface area (Å²) in [6, 6.07) is 1.75. The van der Waals surface area contributed by atoms with Crippen molar-refractivity contribution in [3.8, 4) is 6.19 Å². The lowest BCUT2D eigenvalue weighted by molar-refractivity contribution is 0.962. The number of nitrogens with one attached hydrogen (secondary N) is 1. The minimum atomic E-state index is 0.598. The first-order valence-electron chi connectivity index (χ1n) is 4.47. The third-order valence-corrected chi connectivity index (χ3v) is 1.70. The van der Waals surface area contributed by atoms with Crippen LogP contribution in [-0.4, -0.2) is 23.6 Å². The first kappa shape index (κ1) is 10.3.